The van der Waals surface area contributed by atoms with Crippen molar-refractivity contribution in [2.45, 2.75) is 0 Å². The Morgan fingerprint density at radius 2 is 2.31 bits per heavy atom. The second-order valence-corrected chi connectivity index (χ2v) is 3.78. The molecule has 1 aromatic carbocycles. The van der Waals surface area contributed by atoms with Crippen LogP contribution in [0.1, 0.15) is 0 Å². The third kappa shape index (κ3) is 1.35. The lowest BCUT2D eigenvalue weighted by Crippen LogP contribution is -2.05. The Morgan fingerprint density at radius 3 is 3.00 bits per heavy atom. The van der Waals surface area contributed by atoms with Gasteiger partial charge in [0, 0.05) is 0 Å². The van der Waals surface area contributed by atoms with Gasteiger partial charge in [-0.2, -0.15) is 0 Å². The maximum absolute atomic E-state index is 13.3. The molecule has 0 radical (unpaired) electrons. The third-order valence-corrected chi connectivity index (χ3v) is 2.86. The first-order chi connectivity index (χ1) is 6.22. The van der Waals surface area contributed by atoms with Crippen molar-refractivity contribution in [3.63, 3.8) is 0 Å². The molecule has 6 heteroatoms. The normalized spacial score (nSPS) is 10.7. The maximum Gasteiger partial charge on any atom is 0.198 e. The lowest BCUT2D eigenvalue weighted by Gasteiger charge is -1.91. The van der Waals surface area contributed by atoms with Crippen molar-refractivity contribution in [3.8, 4) is 0 Å². The predicted molar refractivity (Wildman–Crippen MR) is 52.4 cm³/mol. The molecule has 0 unspecified atom stereocenters. The van der Waals surface area contributed by atoms with Gasteiger partial charge in [-0.3, -0.25) is 5.43 Å². The quantitative estimate of drug-likeness (QED) is 0.570. The molecule has 0 atom stereocenters. The number of nitrogens with one attached hydrogen (secondary N) is 1. The van der Waals surface area contributed by atoms with Crippen LogP contribution in [0.5, 0.6) is 0 Å². The smallest absolute Gasteiger partial charge is 0.198 e. The second kappa shape index (κ2) is 3.10. The van der Waals surface area contributed by atoms with E-state index in [4.69, 9.17) is 17.4 Å². The molecule has 2 rings (SSSR count). The fourth-order valence-corrected chi connectivity index (χ4v) is 2.03. The highest BCUT2D eigenvalue weighted by Crippen LogP contribution is 2.31. The lowest BCUT2D eigenvalue weighted by molar-refractivity contribution is 0.642. The molecule has 0 saturated heterocycles. The zero-order valence-electron chi connectivity index (χ0n) is 6.34. The Balaban J connectivity index is 2.76. The maximum atomic E-state index is 13.3. The van der Waals surface area contributed by atoms with Crippen LogP contribution < -0.4 is 11.3 Å². The summed E-state index contributed by atoms with van der Waals surface area (Å²) in [6, 6.07) is 3.12. The summed E-state index contributed by atoms with van der Waals surface area (Å²) in [5, 5.41) is 0.566. The van der Waals surface area contributed by atoms with E-state index in [1.807, 2.05) is 0 Å². The molecular weight excluding hydrogens is 213 g/mol. The summed E-state index contributed by atoms with van der Waals surface area (Å²) in [7, 11) is 0. The van der Waals surface area contributed by atoms with E-state index in [2.05, 4.69) is 10.4 Å². The number of aromatic nitrogens is 1. The third-order valence-electron chi connectivity index (χ3n) is 1.57. The fourth-order valence-electron chi connectivity index (χ4n) is 0.998. The van der Waals surface area contributed by atoms with Gasteiger partial charge in [0.25, 0.3) is 0 Å². The van der Waals surface area contributed by atoms with Crippen molar-refractivity contribution in [1.82, 2.24) is 4.98 Å². The zero-order chi connectivity index (χ0) is 9.42. The number of nitrogens with two attached hydrogens (primary N) is 1. The van der Waals surface area contributed by atoms with Crippen molar-refractivity contribution in [2.75, 3.05) is 5.43 Å². The minimum atomic E-state index is -0.446. The van der Waals surface area contributed by atoms with E-state index in [9.17, 15) is 4.39 Å². The minimum absolute atomic E-state index is 0.0970. The summed E-state index contributed by atoms with van der Waals surface area (Å²) < 4.78 is 13.7. The molecule has 0 saturated carbocycles. The molecule has 0 aliphatic carbocycles. The van der Waals surface area contributed by atoms with E-state index < -0.39 is 5.82 Å². The summed E-state index contributed by atoms with van der Waals surface area (Å²) in [6.07, 6.45) is 0. The Labute approximate surface area is 82.3 Å². The number of rotatable bonds is 1. The number of benzene rings is 1. The summed E-state index contributed by atoms with van der Waals surface area (Å²) in [4.78, 5) is 4.02. The van der Waals surface area contributed by atoms with Crippen LogP contribution in [0.15, 0.2) is 12.1 Å². The molecule has 1 heterocycles. The molecule has 0 aliphatic rings. The molecule has 0 amide bonds. The average Bonchev–Trinajstić information content (AvgIpc) is 2.55. The monoisotopic (exact) mass is 217 g/mol. The molecule has 68 valence electrons. The minimum Gasteiger partial charge on any atom is -0.300 e. The van der Waals surface area contributed by atoms with E-state index in [-0.39, 0.29) is 5.02 Å². The van der Waals surface area contributed by atoms with E-state index >= 15 is 0 Å². The number of hydrogen-bond donors (Lipinski definition) is 2. The van der Waals surface area contributed by atoms with Gasteiger partial charge >= 0.3 is 0 Å². The van der Waals surface area contributed by atoms with Crippen molar-refractivity contribution in [2.24, 2.45) is 5.84 Å². The highest BCUT2D eigenvalue weighted by molar-refractivity contribution is 7.22. The van der Waals surface area contributed by atoms with Crippen LogP contribution in [0, 0.1) is 5.82 Å². The van der Waals surface area contributed by atoms with Crippen molar-refractivity contribution in [1.29, 1.82) is 0 Å². The van der Waals surface area contributed by atoms with Gasteiger partial charge in [0.15, 0.2) is 10.9 Å². The van der Waals surface area contributed by atoms with Gasteiger partial charge in [-0.1, -0.05) is 22.9 Å². The molecular formula is C7H5ClFN3S. The number of hydrogen-bond acceptors (Lipinski definition) is 4. The highest BCUT2D eigenvalue weighted by Gasteiger charge is 2.10. The predicted octanol–water partition coefficient (Wildman–Crippen LogP) is 2.37. The Hall–Kier alpha value is -0.910. The molecule has 0 aliphatic heterocycles. The molecule has 3 N–H and O–H groups in total. The van der Waals surface area contributed by atoms with Gasteiger partial charge in [-0.25, -0.2) is 15.2 Å². The van der Waals surface area contributed by atoms with Crippen molar-refractivity contribution >= 4 is 38.3 Å². The average molecular weight is 218 g/mol. The molecule has 0 spiro atoms. The highest BCUT2D eigenvalue weighted by atomic mass is 35.5. The van der Waals surface area contributed by atoms with Gasteiger partial charge in [-0.15, -0.1) is 0 Å². The number of fused-ring (bicyclic) bond motifs is 1. The van der Waals surface area contributed by atoms with Crippen LogP contribution in [0.2, 0.25) is 5.02 Å². The van der Waals surface area contributed by atoms with Crippen molar-refractivity contribution < 1.29 is 4.39 Å². The zero-order valence-corrected chi connectivity index (χ0v) is 7.92. The number of nitrogens with zero attached hydrogens (tertiary/aromatic N) is 1. The topological polar surface area (TPSA) is 50.9 Å². The Kier molecular flexibility index (Phi) is 2.07. The van der Waals surface area contributed by atoms with E-state index in [1.54, 1.807) is 6.07 Å². The molecule has 2 aromatic rings. The molecule has 3 nitrogen and oxygen atoms in total. The Bertz CT molecular complexity index is 456. The van der Waals surface area contributed by atoms with Crippen LogP contribution in [0.4, 0.5) is 9.52 Å². The van der Waals surface area contributed by atoms with Crippen LogP contribution in [-0.4, -0.2) is 4.98 Å². The van der Waals surface area contributed by atoms with Crippen LogP contribution >= 0.6 is 22.9 Å². The van der Waals surface area contributed by atoms with Gasteiger partial charge in [0.1, 0.15) is 0 Å². The molecule has 13 heavy (non-hydrogen) atoms. The summed E-state index contributed by atoms with van der Waals surface area (Å²) >= 11 is 6.72. The Morgan fingerprint density at radius 1 is 1.54 bits per heavy atom. The summed E-state index contributed by atoms with van der Waals surface area (Å²) in [5.41, 5.74) is 2.92. The first-order valence-electron chi connectivity index (χ1n) is 3.43. The van der Waals surface area contributed by atoms with E-state index in [0.29, 0.717) is 15.3 Å². The van der Waals surface area contributed by atoms with Gasteiger partial charge in [0.05, 0.1) is 15.2 Å². The van der Waals surface area contributed by atoms with Gasteiger partial charge in [-0.05, 0) is 12.1 Å². The van der Waals surface area contributed by atoms with Gasteiger partial charge < -0.3 is 0 Å². The van der Waals surface area contributed by atoms with Gasteiger partial charge in [0.2, 0.25) is 0 Å². The molecule has 0 fully saturated rings. The van der Waals surface area contributed by atoms with Crippen LogP contribution in [0.3, 0.4) is 0 Å². The number of nitrogen functional groups attached to an aromatic ring is 1. The SMILES string of the molecule is NNc1nc2ccc(Cl)c(F)c2s1. The summed E-state index contributed by atoms with van der Waals surface area (Å²) in [5.74, 6) is 4.70. The number of thiazole rings is 1. The van der Waals surface area contributed by atoms with Crippen LogP contribution in [-0.2, 0) is 0 Å². The van der Waals surface area contributed by atoms with Crippen LogP contribution in [0.25, 0.3) is 10.2 Å². The fraction of sp³-hybridized carbons (Fsp3) is 0. The first-order valence-corrected chi connectivity index (χ1v) is 4.63. The first kappa shape index (κ1) is 8.68. The molecule has 0 bridgehead atoms. The van der Waals surface area contributed by atoms with E-state index in [0.717, 1.165) is 11.3 Å². The van der Waals surface area contributed by atoms with Crippen molar-refractivity contribution in [3.05, 3.63) is 23.0 Å². The number of hydrazine groups is 1. The number of halogens is 2. The standard InChI is InChI=1S/C7H5ClFN3S/c8-3-1-2-4-6(5(3)9)13-7(11-4)12-10/h1-2H,10H2,(H,11,12). The number of anilines is 1. The lowest BCUT2D eigenvalue weighted by atomic mass is 10.3. The summed E-state index contributed by atoms with van der Waals surface area (Å²) in [6.45, 7) is 0. The second-order valence-electron chi connectivity index (χ2n) is 2.37. The largest absolute Gasteiger partial charge is 0.300 e. The van der Waals surface area contributed by atoms with E-state index in [1.165, 1.54) is 6.07 Å². The molecule has 1 aromatic heterocycles.